The molecule has 1 N–H and O–H groups in total. The summed E-state index contributed by atoms with van der Waals surface area (Å²) in [7, 11) is 0. The molecule has 0 radical (unpaired) electrons. The summed E-state index contributed by atoms with van der Waals surface area (Å²) in [6, 6.07) is 5.37. The third kappa shape index (κ3) is 4.04. The summed E-state index contributed by atoms with van der Waals surface area (Å²) >= 11 is 0. The van der Waals surface area contributed by atoms with Crippen molar-refractivity contribution in [2.45, 2.75) is 65.1 Å². The van der Waals surface area contributed by atoms with Gasteiger partial charge < -0.3 is 10.1 Å². The van der Waals surface area contributed by atoms with E-state index in [0.29, 0.717) is 11.8 Å². The van der Waals surface area contributed by atoms with E-state index in [4.69, 9.17) is 4.74 Å². The number of hydrogen-bond donors (Lipinski definition) is 1. The third-order valence-corrected chi connectivity index (χ3v) is 6.25. The fourth-order valence-corrected chi connectivity index (χ4v) is 4.08. The molecule has 1 aromatic rings. The highest BCUT2D eigenvalue weighted by atomic mass is 16.5. The number of nitrogens with zero attached hydrogens (tertiary/aromatic N) is 1. The van der Waals surface area contributed by atoms with Crippen LogP contribution < -0.4 is 5.32 Å². The van der Waals surface area contributed by atoms with Gasteiger partial charge in [-0.25, -0.2) is 4.79 Å². The molecular weight excluding hydrogens is 372 g/mol. The molecule has 0 aromatic heterocycles. The molecule has 7 nitrogen and oxygen atoms in total. The zero-order valence-corrected chi connectivity index (χ0v) is 17.3. The van der Waals surface area contributed by atoms with Crippen LogP contribution in [0.4, 0.5) is 0 Å². The van der Waals surface area contributed by atoms with E-state index in [1.807, 2.05) is 0 Å². The average molecular weight is 400 g/mol. The van der Waals surface area contributed by atoms with Gasteiger partial charge in [0.25, 0.3) is 17.7 Å². The molecule has 0 unspecified atom stereocenters. The van der Waals surface area contributed by atoms with Crippen LogP contribution in [0.3, 0.4) is 0 Å². The predicted molar refractivity (Wildman–Crippen MR) is 106 cm³/mol. The maximum absolute atomic E-state index is 12.5. The highest BCUT2D eigenvalue weighted by Gasteiger charge is 2.42. The zero-order chi connectivity index (χ0) is 21.3. The second kappa shape index (κ2) is 8.35. The number of nitrogens with one attached hydrogen (secondary N) is 1. The maximum atomic E-state index is 12.5. The summed E-state index contributed by atoms with van der Waals surface area (Å²) in [6.45, 7) is 7.23. The molecule has 3 rings (SSSR count). The Hall–Kier alpha value is -2.70. The first-order valence-electron chi connectivity index (χ1n) is 10.2. The first-order chi connectivity index (χ1) is 13.7. The fraction of sp³-hybridized carbons (Fsp3) is 0.545. The van der Waals surface area contributed by atoms with Crippen molar-refractivity contribution < 1.29 is 23.9 Å². The van der Waals surface area contributed by atoms with Crippen LogP contribution >= 0.6 is 0 Å². The van der Waals surface area contributed by atoms with Crippen molar-refractivity contribution in [1.29, 1.82) is 0 Å². The molecule has 1 fully saturated rings. The number of hydrogen-bond acceptors (Lipinski definition) is 5. The molecule has 0 saturated heterocycles. The van der Waals surface area contributed by atoms with E-state index in [-0.39, 0.29) is 23.1 Å². The molecule has 1 saturated carbocycles. The lowest BCUT2D eigenvalue weighted by molar-refractivity contribution is -0.158. The van der Waals surface area contributed by atoms with Crippen LogP contribution in [0.1, 0.15) is 67.7 Å². The van der Waals surface area contributed by atoms with Gasteiger partial charge in [0.1, 0.15) is 6.04 Å². The number of amides is 3. The van der Waals surface area contributed by atoms with Gasteiger partial charge in [0.05, 0.1) is 11.1 Å². The molecule has 7 heteroatoms. The minimum absolute atomic E-state index is 0.0565. The van der Waals surface area contributed by atoms with Gasteiger partial charge in [-0.3, -0.25) is 19.3 Å². The molecule has 2 aliphatic rings. The topological polar surface area (TPSA) is 92.8 Å². The Balaban J connectivity index is 1.60. The summed E-state index contributed by atoms with van der Waals surface area (Å²) in [6.07, 6.45) is 2.10. The second-order valence-electron chi connectivity index (χ2n) is 8.16. The second-order valence-corrected chi connectivity index (χ2v) is 8.16. The van der Waals surface area contributed by atoms with Crippen LogP contribution in [-0.4, -0.2) is 46.8 Å². The first kappa shape index (κ1) is 21.0. The van der Waals surface area contributed by atoms with Crippen LogP contribution in [0.2, 0.25) is 0 Å². The predicted octanol–water partition coefficient (Wildman–Crippen LogP) is 2.54. The molecule has 1 aliphatic carbocycles. The summed E-state index contributed by atoms with van der Waals surface area (Å²) in [5.74, 6) is -1.32. The van der Waals surface area contributed by atoms with Crippen molar-refractivity contribution in [3.05, 3.63) is 35.4 Å². The minimum atomic E-state index is -1.12. The van der Waals surface area contributed by atoms with Gasteiger partial charge >= 0.3 is 5.97 Å². The largest absolute Gasteiger partial charge is 0.451 e. The zero-order valence-electron chi connectivity index (χ0n) is 17.3. The van der Waals surface area contributed by atoms with E-state index >= 15 is 0 Å². The van der Waals surface area contributed by atoms with Gasteiger partial charge in [-0.05, 0) is 44.2 Å². The van der Waals surface area contributed by atoms with Crippen molar-refractivity contribution in [1.82, 2.24) is 10.2 Å². The number of imide groups is 1. The smallest absolute Gasteiger partial charge is 0.329 e. The number of esters is 1. The number of fused-ring (bicyclic) bond motifs is 1. The van der Waals surface area contributed by atoms with Gasteiger partial charge in [-0.2, -0.15) is 0 Å². The molecular formula is C22H28N2O5. The number of benzene rings is 1. The molecule has 0 bridgehead atoms. The van der Waals surface area contributed by atoms with Gasteiger partial charge in [0.15, 0.2) is 6.10 Å². The highest BCUT2D eigenvalue weighted by Crippen LogP contribution is 2.29. The molecule has 0 spiro atoms. The normalized spacial score (nSPS) is 25.9. The minimum Gasteiger partial charge on any atom is -0.451 e. The first-order valence-corrected chi connectivity index (χ1v) is 10.2. The monoisotopic (exact) mass is 400 g/mol. The molecule has 29 heavy (non-hydrogen) atoms. The Bertz CT molecular complexity index is 801. The van der Waals surface area contributed by atoms with E-state index < -0.39 is 29.9 Å². The number of ether oxygens (including phenoxy) is 1. The maximum Gasteiger partial charge on any atom is 0.329 e. The van der Waals surface area contributed by atoms with E-state index in [1.54, 1.807) is 24.3 Å². The molecule has 1 aromatic carbocycles. The Kier molecular flexibility index (Phi) is 6.05. The Morgan fingerprint density at radius 3 is 2.24 bits per heavy atom. The Morgan fingerprint density at radius 2 is 1.66 bits per heavy atom. The standard InChI is InChI=1S/C22H28N2O5/c1-12-8-7-11-18(13(12)2)23-19(25)15(4)29-22(28)14(3)24-20(26)16-9-5-6-10-17(16)21(24)27/h5-6,9-10,12-15,18H,7-8,11H2,1-4H3,(H,23,25)/t12-,13+,14+,15+,18-/m0/s1. The fourth-order valence-electron chi connectivity index (χ4n) is 4.08. The summed E-state index contributed by atoms with van der Waals surface area (Å²) in [4.78, 5) is 51.0. The highest BCUT2D eigenvalue weighted by molar-refractivity contribution is 6.22. The summed E-state index contributed by atoms with van der Waals surface area (Å²) in [5, 5.41) is 2.98. The lowest BCUT2D eigenvalue weighted by Crippen LogP contribution is -2.49. The molecule has 156 valence electrons. The van der Waals surface area contributed by atoms with Gasteiger partial charge in [-0.15, -0.1) is 0 Å². The van der Waals surface area contributed by atoms with Crippen molar-refractivity contribution in [3.63, 3.8) is 0 Å². The van der Waals surface area contributed by atoms with E-state index in [1.165, 1.54) is 13.8 Å². The summed E-state index contributed by atoms with van der Waals surface area (Å²) < 4.78 is 5.29. The van der Waals surface area contributed by atoms with Crippen molar-refractivity contribution in [2.24, 2.45) is 11.8 Å². The SMILES string of the molecule is C[C@H]1[C@@H](NC(=O)[C@@H](C)OC(=O)[C@@H](C)N2C(=O)c3ccccc3C2=O)CCC[C@@H]1C. The summed E-state index contributed by atoms with van der Waals surface area (Å²) in [5.41, 5.74) is 0.534. The molecule has 1 aliphatic heterocycles. The van der Waals surface area contributed by atoms with Crippen molar-refractivity contribution in [3.8, 4) is 0 Å². The van der Waals surface area contributed by atoms with Crippen LogP contribution in [-0.2, 0) is 14.3 Å². The van der Waals surface area contributed by atoms with Gasteiger partial charge in [-0.1, -0.05) is 38.8 Å². The van der Waals surface area contributed by atoms with Gasteiger partial charge in [0, 0.05) is 6.04 Å². The van der Waals surface area contributed by atoms with E-state index in [9.17, 15) is 19.2 Å². The molecule has 5 atom stereocenters. The number of rotatable bonds is 5. The number of carbonyl (C=O) groups is 4. The van der Waals surface area contributed by atoms with Crippen LogP contribution in [0.15, 0.2) is 24.3 Å². The van der Waals surface area contributed by atoms with Crippen LogP contribution in [0, 0.1) is 11.8 Å². The van der Waals surface area contributed by atoms with Crippen molar-refractivity contribution >= 4 is 23.7 Å². The number of carbonyl (C=O) groups excluding carboxylic acids is 4. The quantitative estimate of drug-likeness (QED) is 0.606. The lowest BCUT2D eigenvalue weighted by Gasteiger charge is -2.35. The average Bonchev–Trinajstić information content (AvgIpc) is 2.95. The third-order valence-electron chi connectivity index (χ3n) is 6.25. The van der Waals surface area contributed by atoms with Crippen LogP contribution in [0.5, 0.6) is 0 Å². The molecule has 1 heterocycles. The van der Waals surface area contributed by atoms with Crippen molar-refractivity contribution in [2.75, 3.05) is 0 Å². The Morgan fingerprint density at radius 1 is 1.07 bits per heavy atom. The van der Waals surface area contributed by atoms with Crippen LogP contribution in [0.25, 0.3) is 0 Å². The molecule has 3 amide bonds. The van der Waals surface area contributed by atoms with E-state index in [2.05, 4.69) is 19.2 Å². The Labute approximate surface area is 170 Å². The lowest BCUT2D eigenvalue weighted by atomic mass is 9.78. The van der Waals surface area contributed by atoms with E-state index in [0.717, 1.165) is 24.2 Å². The van der Waals surface area contributed by atoms with Gasteiger partial charge in [0.2, 0.25) is 0 Å².